The summed E-state index contributed by atoms with van der Waals surface area (Å²) in [5.74, 6) is 0.221. The van der Waals surface area contributed by atoms with Crippen molar-refractivity contribution in [1.29, 1.82) is 0 Å². The van der Waals surface area contributed by atoms with Crippen LogP contribution in [0.1, 0.15) is 32.0 Å². The smallest absolute Gasteiger partial charge is 0.242 e. The number of carbonyl (C=O) groups is 2. The molecular formula is C21H29N3O2. The van der Waals surface area contributed by atoms with Crippen LogP contribution in [-0.4, -0.2) is 39.3 Å². The van der Waals surface area contributed by atoms with Gasteiger partial charge in [0.25, 0.3) is 0 Å². The number of aryl methyl sites for hydroxylation is 1. The van der Waals surface area contributed by atoms with Crippen molar-refractivity contribution in [2.45, 2.75) is 33.9 Å². The van der Waals surface area contributed by atoms with E-state index in [4.69, 9.17) is 0 Å². The third kappa shape index (κ3) is 5.76. The lowest BCUT2D eigenvalue weighted by molar-refractivity contribution is -0.140. The first kappa shape index (κ1) is 19.8. The van der Waals surface area contributed by atoms with Gasteiger partial charge in [-0.05, 0) is 23.6 Å². The lowest BCUT2D eigenvalue weighted by Crippen LogP contribution is -2.43. The van der Waals surface area contributed by atoms with Gasteiger partial charge in [-0.2, -0.15) is 0 Å². The Labute approximate surface area is 156 Å². The maximum atomic E-state index is 13.0. The van der Waals surface area contributed by atoms with Crippen molar-refractivity contribution in [2.75, 3.05) is 13.1 Å². The van der Waals surface area contributed by atoms with Crippen LogP contribution in [0.2, 0.25) is 0 Å². The van der Waals surface area contributed by atoms with Crippen LogP contribution in [0.5, 0.6) is 0 Å². The van der Waals surface area contributed by atoms with Crippen molar-refractivity contribution in [2.24, 2.45) is 13.0 Å². The zero-order valence-corrected chi connectivity index (χ0v) is 16.2. The molecule has 1 aromatic carbocycles. The zero-order valence-electron chi connectivity index (χ0n) is 16.2. The predicted molar refractivity (Wildman–Crippen MR) is 103 cm³/mol. The van der Waals surface area contributed by atoms with Gasteiger partial charge in [0, 0.05) is 39.0 Å². The van der Waals surface area contributed by atoms with Crippen LogP contribution in [0, 0.1) is 5.92 Å². The lowest BCUT2D eigenvalue weighted by Gasteiger charge is -2.28. The molecule has 2 aromatic rings. The fraction of sp³-hybridized carbons (Fsp3) is 0.429. The molecule has 0 spiro atoms. The minimum Gasteiger partial charge on any atom is -0.353 e. The number of benzene rings is 1. The summed E-state index contributed by atoms with van der Waals surface area (Å²) in [6.45, 7) is 7.37. The first-order chi connectivity index (χ1) is 12.4. The van der Waals surface area contributed by atoms with E-state index in [-0.39, 0.29) is 18.4 Å². The summed E-state index contributed by atoms with van der Waals surface area (Å²) in [4.78, 5) is 28.4. The molecule has 0 saturated heterocycles. The molecule has 0 bridgehead atoms. The van der Waals surface area contributed by atoms with Gasteiger partial charge in [0.05, 0.1) is 13.1 Å². The van der Waals surface area contributed by atoms with Crippen molar-refractivity contribution in [3.8, 4) is 0 Å². The Morgan fingerprint density at radius 1 is 1.00 bits per heavy atom. The molecule has 0 saturated carbocycles. The van der Waals surface area contributed by atoms with Gasteiger partial charge in [0.15, 0.2) is 0 Å². The van der Waals surface area contributed by atoms with Gasteiger partial charge in [-0.25, -0.2) is 0 Å². The fourth-order valence-electron chi connectivity index (χ4n) is 2.90. The summed E-state index contributed by atoms with van der Waals surface area (Å²) >= 11 is 0. The number of nitrogens with zero attached hydrogens (tertiary/aromatic N) is 3. The average Bonchev–Trinajstić information content (AvgIpc) is 2.99. The van der Waals surface area contributed by atoms with Crippen LogP contribution >= 0.6 is 0 Å². The number of amides is 2. The SMILES string of the molecule is CC(=O)N(CC(=O)N(Cc1ccccc1)Cc1cccn1C)CC(C)C. The summed E-state index contributed by atoms with van der Waals surface area (Å²) in [7, 11) is 1.97. The number of carbonyl (C=O) groups excluding carboxylic acids is 2. The Kier molecular flexibility index (Phi) is 7.01. The normalized spacial score (nSPS) is 10.8. The molecule has 5 heteroatoms. The van der Waals surface area contributed by atoms with E-state index in [1.807, 2.05) is 79.0 Å². The van der Waals surface area contributed by atoms with Crippen molar-refractivity contribution < 1.29 is 9.59 Å². The fourth-order valence-corrected chi connectivity index (χ4v) is 2.90. The van der Waals surface area contributed by atoms with Gasteiger partial charge in [0.1, 0.15) is 0 Å². The first-order valence-corrected chi connectivity index (χ1v) is 9.04. The molecule has 140 valence electrons. The number of rotatable bonds is 8. The molecule has 1 aromatic heterocycles. The topological polar surface area (TPSA) is 45.6 Å². The molecule has 2 amide bonds. The van der Waals surface area contributed by atoms with E-state index in [9.17, 15) is 9.59 Å². The third-order valence-corrected chi connectivity index (χ3v) is 4.33. The Bertz CT molecular complexity index is 722. The zero-order chi connectivity index (χ0) is 19.1. The van der Waals surface area contributed by atoms with Gasteiger partial charge in [-0.15, -0.1) is 0 Å². The number of aromatic nitrogens is 1. The van der Waals surface area contributed by atoms with Crippen molar-refractivity contribution in [1.82, 2.24) is 14.4 Å². The molecule has 2 rings (SSSR count). The van der Waals surface area contributed by atoms with Gasteiger partial charge in [-0.3, -0.25) is 9.59 Å². The minimum atomic E-state index is -0.0643. The highest BCUT2D eigenvalue weighted by Gasteiger charge is 2.21. The van der Waals surface area contributed by atoms with Gasteiger partial charge >= 0.3 is 0 Å². The van der Waals surface area contributed by atoms with Gasteiger partial charge < -0.3 is 14.4 Å². The minimum absolute atomic E-state index is 0.0362. The molecule has 0 aliphatic rings. The van der Waals surface area contributed by atoms with Gasteiger partial charge in [0.2, 0.25) is 11.8 Å². The summed E-state index contributed by atoms with van der Waals surface area (Å²) in [6.07, 6.45) is 1.97. The highest BCUT2D eigenvalue weighted by Crippen LogP contribution is 2.12. The highest BCUT2D eigenvalue weighted by atomic mass is 16.2. The highest BCUT2D eigenvalue weighted by molar-refractivity contribution is 5.83. The van der Waals surface area contributed by atoms with Crippen molar-refractivity contribution in [3.63, 3.8) is 0 Å². The maximum absolute atomic E-state index is 13.0. The second-order valence-corrected chi connectivity index (χ2v) is 7.14. The van der Waals surface area contributed by atoms with Gasteiger partial charge in [-0.1, -0.05) is 44.2 Å². The van der Waals surface area contributed by atoms with E-state index in [0.29, 0.717) is 25.6 Å². The van der Waals surface area contributed by atoms with E-state index < -0.39 is 0 Å². The van der Waals surface area contributed by atoms with E-state index >= 15 is 0 Å². The van der Waals surface area contributed by atoms with Crippen LogP contribution < -0.4 is 0 Å². The first-order valence-electron chi connectivity index (χ1n) is 9.04. The monoisotopic (exact) mass is 355 g/mol. The van der Waals surface area contributed by atoms with E-state index in [1.54, 1.807) is 4.90 Å². The van der Waals surface area contributed by atoms with E-state index in [1.165, 1.54) is 6.92 Å². The molecule has 0 aliphatic heterocycles. The van der Waals surface area contributed by atoms with Crippen LogP contribution in [0.15, 0.2) is 48.7 Å². The van der Waals surface area contributed by atoms with E-state index in [2.05, 4.69) is 0 Å². The summed E-state index contributed by atoms with van der Waals surface area (Å²) < 4.78 is 2.02. The van der Waals surface area contributed by atoms with Crippen molar-refractivity contribution in [3.05, 3.63) is 59.9 Å². The quantitative estimate of drug-likeness (QED) is 0.731. The molecule has 0 radical (unpaired) electrons. The molecule has 0 fully saturated rings. The number of hydrogen-bond donors (Lipinski definition) is 0. The Morgan fingerprint density at radius 3 is 2.23 bits per heavy atom. The Morgan fingerprint density at radius 2 is 1.69 bits per heavy atom. The molecule has 0 unspecified atom stereocenters. The average molecular weight is 355 g/mol. The summed E-state index contributed by atoms with van der Waals surface area (Å²) in [5.41, 5.74) is 2.14. The number of hydrogen-bond acceptors (Lipinski definition) is 2. The van der Waals surface area contributed by atoms with Crippen LogP contribution in [0.25, 0.3) is 0 Å². The Balaban J connectivity index is 2.16. The molecule has 0 aliphatic carbocycles. The standard InChI is InChI=1S/C21H29N3O2/c1-17(2)13-23(18(3)25)16-21(26)24(14-19-9-6-5-7-10-19)15-20-11-8-12-22(20)4/h5-12,17H,13-16H2,1-4H3. The second kappa shape index (κ2) is 9.22. The van der Waals surface area contributed by atoms with E-state index in [0.717, 1.165) is 11.3 Å². The summed E-state index contributed by atoms with van der Waals surface area (Å²) in [5, 5.41) is 0. The molecule has 0 N–H and O–H groups in total. The van der Waals surface area contributed by atoms with Crippen LogP contribution in [0.3, 0.4) is 0 Å². The van der Waals surface area contributed by atoms with Crippen molar-refractivity contribution >= 4 is 11.8 Å². The predicted octanol–water partition coefficient (Wildman–Crippen LogP) is 3.06. The molecule has 5 nitrogen and oxygen atoms in total. The molecular weight excluding hydrogens is 326 g/mol. The third-order valence-electron chi connectivity index (χ3n) is 4.33. The molecule has 1 heterocycles. The van der Waals surface area contributed by atoms with Crippen LogP contribution in [0.4, 0.5) is 0 Å². The lowest BCUT2D eigenvalue weighted by atomic mass is 10.2. The molecule has 0 atom stereocenters. The Hall–Kier alpha value is -2.56. The summed E-state index contributed by atoms with van der Waals surface area (Å²) in [6, 6.07) is 13.9. The molecule has 26 heavy (non-hydrogen) atoms. The largest absolute Gasteiger partial charge is 0.353 e. The maximum Gasteiger partial charge on any atom is 0.242 e. The second-order valence-electron chi connectivity index (χ2n) is 7.14. The van der Waals surface area contributed by atoms with Crippen LogP contribution in [-0.2, 0) is 29.7 Å².